The summed E-state index contributed by atoms with van der Waals surface area (Å²) in [7, 11) is 0.674. The summed E-state index contributed by atoms with van der Waals surface area (Å²) in [4.78, 5) is 0. The van der Waals surface area contributed by atoms with Gasteiger partial charge in [-0.05, 0) is 34.5 Å². The molecule has 1 N–H and O–H groups in total. The summed E-state index contributed by atoms with van der Waals surface area (Å²) in [6.45, 7) is 0. The zero-order valence-corrected chi connectivity index (χ0v) is 13.8. The second kappa shape index (κ2) is 5.93. The smallest absolute Gasteiger partial charge is 0.537 e. The van der Waals surface area contributed by atoms with E-state index in [9.17, 15) is 0 Å². The third kappa shape index (κ3) is 2.27. The number of benzene rings is 4. The third-order valence-electron chi connectivity index (χ3n) is 4.71. The van der Waals surface area contributed by atoms with E-state index < -0.39 is 0 Å². The van der Waals surface area contributed by atoms with Crippen molar-refractivity contribution >= 4 is 40.4 Å². The van der Waals surface area contributed by atoms with E-state index >= 15 is 0 Å². The van der Waals surface area contributed by atoms with Gasteiger partial charge >= 0.3 is 7.69 Å². The molecule has 1 radical (unpaired) electrons. The first kappa shape index (κ1) is 15.1. The van der Waals surface area contributed by atoms with E-state index in [1.165, 1.54) is 5.39 Å². The summed E-state index contributed by atoms with van der Waals surface area (Å²) >= 11 is 0. The lowest BCUT2D eigenvalue weighted by atomic mass is 9.95. The largest absolute Gasteiger partial charge is 0.569 e. The highest BCUT2D eigenvalue weighted by Gasteiger charge is 2.16. The van der Waals surface area contributed by atoms with Gasteiger partial charge in [-0.15, -0.1) is 0 Å². The molecule has 5 aromatic rings. The van der Waals surface area contributed by atoms with Gasteiger partial charge in [0.2, 0.25) is 0 Å². The highest BCUT2D eigenvalue weighted by molar-refractivity contribution is 6.19. The molecule has 0 atom stereocenters. The van der Waals surface area contributed by atoms with E-state index in [2.05, 4.69) is 30.3 Å². The SMILES string of the molecule is O[B]Oc1ccc2c(c1)oc1c(-c3ccccc3)c3ccccc3cc12. The van der Waals surface area contributed by atoms with Gasteiger partial charge in [-0.25, -0.2) is 0 Å². The predicted octanol–water partition coefficient (Wildman–Crippen LogP) is 5.31. The normalized spacial score (nSPS) is 11.3. The molecule has 4 aromatic carbocycles. The molecule has 4 heteroatoms. The maximum Gasteiger partial charge on any atom is 0.569 e. The molecule has 0 amide bonds. The average molecular weight is 337 g/mol. The summed E-state index contributed by atoms with van der Waals surface area (Å²) in [6.07, 6.45) is 0. The maximum absolute atomic E-state index is 8.87. The van der Waals surface area contributed by atoms with Crippen LogP contribution in [-0.4, -0.2) is 12.7 Å². The number of furan rings is 1. The molecule has 123 valence electrons. The van der Waals surface area contributed by atoms with Crippen molar-refractivity contribution in [2.24, 2.45) is 0 Å². The van der Waals surface area contributed by atoms with E-state index in [-0.39, 0.29) is 0 Å². The van der Waals surface area contributed by atoms with Crippen LogP contribution in [0.25, 0.3) is 43.8 Å². The van der Waals surface area contributed by atoms with Crippen LogP contribution in [0.4, 0.5) is 0 Å². The van der Waals surface area contributed by atoms with Gasteiger partial charge in [0.25, 0.3) is 0 Å². The van der Waals surface area contributed by atoms with E-state index in [0.29, 0.717) is 13.4 Å². The van der Waals surface area contributed by atoms with Gasteiger partial charge in [-0.1, -0.05) is 54.6 Å². The minimum atomic E-state index is 0.532. The van der Waals surface area contributed by atoms with Crippen molar-refractivity contribution in [3.05, 3.63) is 78.9 Å². The van der Waals surface area contributed by atoms with Crippen LogP contribution < -0.4 is 4.65 Å². The first-order valence-corrected chi connectivity index (χ1v) is 8.41. The van der Waals surface area contributed by atoms with Crippen LogP contribution in [0.5, 0.6) is 5.75 Å². The first-order chi connectivity index (χ1) is 12.8. The maximum atomic E-state index is 8.87. The lowest BCUT2D eigenvalue weighted by molar-refractivity contribution is 0.453. The van der Waals surface area contributed by atoms with Crippen LogP contribution in [0.1, 0.15) is 0 Å². The molecular weight excluding hydrogens is 323 g/mol. The Bertz CT molecular complexity index is 1240. The van der Waals surface area contributed by atoms with Crippen LogP contribution >= 0.6 is 0 Å². The number of hydrogen-bond donors (Lipinski definition) is 1. The lowest BCUT2D eigenvalue weighted by Gasteiger charge is -2.08. The van der Waals surface area contributed by atoms with Gasteiger partial charge in [-0.3, -0.25) is 0 Å². The number of rotatable bonds is 3. The minimum Gasteiger partial charge on any atom is -0.537 e. The van der Waals surface area contributed by atoms with Crippen molar-refractivity contribution in [3.8, 4) is 16.9 Å². The van der Waals surface area contributed by atoms with E-state index in [1.54, 1.807) is 6.07 Å². The van der Waals surface area contributed by atoms with Crippen LogP contribution in [0.3, 0.4) is 0 Å². The molecule has 5 rings (SSSR count). The van der Waals surface area contributed by atoms with Crippen molar-refractivity contribution in [3.63, 3.8) is 0 Å². The van der Waals surface area contributed by atoms with Crippen LogP contribution in [0, 0.1) is 0 Å². The summed E-state index contributed by atoms with van der Waals surface area (Å²) in [5.74, 6) is 0.532. The highest BCUT2D eigenvalue weighted by atomic mass is 16.5. The van der Waals surface area contributed by atoms with Crippen LogP contribution in [-0.2, 0) is 0 Å². The topological polar surface area (TPSA) is 42.6 Å². The zero-order valence-electron chi connectivity index (χ0n) is 13.8. The Morgan fingerprint density at radius 2 is 1.58 bits per heavy atom. The fraction of sp³-hybridized carbons (Fsp3) is 0. The van der Waals surface area contributed by atoms with Crippen molar-refractivity contribution in [2.75, 3.05) is 0 Å². The Morgan fingerprint density at radius 1 is 0.769 bits per heavy atom. The fourth-order valence-electron chi connectivity index (χ4n) is 3.58. The zero-order chi connectivity index (χ0) is 17.5. The molecule has 3 nitrogen and oxygen atoms in total. The Labute approximate surface area is 150 Å². The van der Waals surface area contributed by atoms with Crippen molar-refractivity contribution in [1.29, 1.82) is 0 Å². The first-order valence-electron chi connectivity index (χ1n) is 8.41. The second-order valence-corrected chi connectivity index (χ2v) is 6.20. The van der Waals surface area contributed by atoms with Gasteiger partial charge in [0.05, 0.1) is 0 Å². The standard InChI is InChI=1S/C22H14BO3/c24-23-26-16-10-11-18-19-12-15-8-4-5-9-17(15)21(14-6-2-1-3-7-14)22(19)25-20(18)13-16/h1-13,24H. The van der Waals surface area contributed by atoms with Gasteiger partial charge in [0, 0.05) is 22.4 Å². The van der Waals surface area contributed by atoms with E-state index in [4.69, 9.17) is 14.1 Å². The molecule has 0 saturated carbocycles. The minimum absolute atomic E-state index is 0.532. The molecule has 0 spiro atoms. The molecule has 0 saturated heterocycles. The van der Waals surface area contributed by atoms with E-state index in [1.807, 2.05) is 42.5 Å². The lowest BCUT2D eigenvalue weighted by Crippen LogP contribution is -1.98. The van der Waals surface area contributed by atoms with Crippen LogP contribution in [0.2, 0.25) is 0 Å². The average Bonchev–Trinajstić information content (AvgIpc) is 3.04. The predicted molar refractivity (Wildman–Crippen MR) is 105 cm³/mol. The Hall–Kier alpha value is -3.24. The van der Waals surface area contributed by atoms with Gasteiger partial charge in [0.1, 0.15) is 16.9 Å². The number of fused-ring (bicyclic) bond motifs is 4. The van der Waals surface area contributed by atoms with E-state index in [0.717, 1.165) is 38.5 Å². The Morgan fingerprint density at radius 3 is 2.42 bits per heavy atom. The van der Waals surface area contributed by atoms with Gasteiger partial charge < -0.3 is 14.1 Å². The molecule has 0 unspecified atom stereocenters. The molecule has 0 aliphatic rings. The summed E-state index contributed by atoms with van der Waals surface area (Å²) in [5, 5.41) is 13.3. The Kier molecular flexibility index (Phi) is 3.44. The molecule has 0 bridgehead atoms. The third-order valence-corrected chi connectivity index (χ3v) is 4.71. The summed E-state index contributed by atoms with van der Waals surface area (Å²) in [6, 6.07) is 26.4. The van der Waals surface area contributed by atoms with Crippen molar-refractivity contribution < 1.29 is 14.1 Å². The molecule has 1 aromatic heterocycles. The Balaban J connectivity index is 1.93. The molecule has 26 heavy (non-hydrogen) atoms. The summed E-state index contributed by atoms with van der Waals surface area (Å²) < 4.78 is 11.3. The van der Waals surface area contributed by atoms with Gasteiger partial charge in [-0.2, -0.15) is 0 Å². The van der Waals surface area contributed by atoms with Crippen LogP contribution in [0.15, 0.2) is 83.3 Å². The molecule has 1 heterocycles. The fourth-order valence-corrected chi connectivity index (χ4v) is 3.58. The van der Waals surface area contributed by atoms with Gasteiger partial charge in [0.15, 0.2) is 0 Å². The summed E-state index contributed by atoms with van der Waals surface area (Å²) in [5.41, 5.74) is 3.79. The molecule has 0 fully saturated rings. The molecular formula is C22H14BO3. The molecule has 0 aliphatic carbocycles. The second-order valence-electron chi connectivity index (χ2n) is 6.20. The monoisotopic (exact) mass is 337 g/mol. The quantitative estimate of drug-likeness (QED) is 0.454. The molecule has 0 aliphatic heterocycles. The van der Waals surface area contributed by atoms with Crippen molar-refractivity contribution in [1.82, 2.24) is 0 Å². The number of hydrogen-bond acceptors (Lipinski definition) is 3. The van der Waals surface area contributed by atoms with Crippen molar-refractivity contribution in [2.45, 2.75) is 0 Å². The highest BCUT2D eigenvalue weighted by Crippen LogP contribution is 2.41.